The first-order valence-electron chi connectivity index (χ1n) is 4.19. The Morgan fingerprint density at radius 3 is 2.33 bits per heavy atom. The monoisotopic (exact) mass is 218 g/mol. The molecule has 0 radical (unpaired) electrons. The first-order chi connectivity index (χ1) is 6.81. The highest BCUT2D eigenvalue weighted by atomic mass is 17.2. The molecule has 0 heterocycles. The number of carboxylic acids is 1. The van der Waals surface area contributed by atoms with Gasteiger partial charge in [0, 0.05) is 12.2 Å². The van der Waals surface area contributed by atoms with Crippen molar-refractivity contribution in [2.75, 3.05) is 6.79 Å². The molecular formula is C9H14O6. The second kappa shape index (κ2) is 6.15. The number of esters is 1. The first kappa shape index (κ1) is 13.6. The Kier molecular flexibility index (Phi) is 5.58. The number of aliphatic carboxylic acids is 1. The van der Waals surface area contributed by atoms with Crippen molar-refractivity contribution in [3.05, 3.63) is 12.2 Å². The minimum atomic E-state index is -1.22. The number of carbonyl (C=O) groups excluding carboxylic acids is 1. The van der Waals surface area contributed by atoms with E-state index in [4.69, 9.17) is 9.99 Å². The lowest BCUT2D eigenvalue weighted by Gasteiger charge is -2.16. The summed E-state index contributed by atoms with van der Waals surface area (Å²) in [6, 6.07) is 0. The lowest BCUT2D eigenvalue weighted by Crippen LogP contribution is -2.20. The van der Waals surface area contributed by atoms with Crippen molar-refractivity contribution in [3.8, 4) is 0 Å². The van der Waals surface area contributed by atoms with Crippen molar-refractivity contribution in [1.82, 2.24) is 0 Å². The van der Waals surface area contributed by atoms with E-state index >= 15 is 0 Å². The van der Waals surface area contributed by atoms with E-state index in [1.54, 1.807) is 20.8 Å². The summed E-state index contributed by atoms with van der Waals surface area (Å²) < 4.78 is 4.45. The van der Waals surface area contributed by atoms with E-state index in [1.165, 1.54) is 0 Å². The SMILES string of the molecule is CC(C)(C)OOCOC(=O)C=CC(=O)O. The third kappa shape index (κ3) is 10.5. The second-order valence-corrected chi connectivity index (χ2v) is 3.57. The quantitative estimate of drug-likeness (QED) is 0.184. The predicted molar refractivity (Wildman–Crippen MR) is 49.7 cm³/mol. The second-order valence-electron chi connectivity index (χ2n) is 3.57. The number of carbonyl (C=O) groups is 2. The van der Waals surface area contributed by atoms with Gasteiger partial charge >= 0.3 is 11.9 Å². The van der Waals surface area contributed by atoms with E-state index < -0.39 is 17.5 Å². The molecule has 0 unspecified atom stereocenters. The summed E-state index contributed by atoms with van der Waals surface area (Å²) >= 11 is 0. The Hall–Kier alpha value is -1.40. The highest BCUT2D eigenvalue weighted by Crippen LogP contribution is 2.06. The summed E-state index contributed by atoms with van der Waals surface area (Å²) in [7, 11) is 0. The van der Waals surface area contributed by atoms with Crippen molar-refractivity contribution in [1.29, 1.82) is 0 Å². The average molecular weight is 218 g/mol. The van der Waals surface area contributed by atoms with Crippen molar-refractivity contribution in [2.45, 2.75) is 26.4 Å². The lowest BCUT2D eigenvalue weighted by atomic mass is 10.2. The van der Waals surface area contributed by atoms with E-state index in [0.29, 0.717) is 6.08 Å². The van der Waals surface area contributed by atoms with Crippen LogP contribution < -0.4 is 0 Å². The van der Waals surface area contributed by atoms with Gasteiger partial charge in [-0.25, -0.2) is 14.5 Å². The van der Waals surface area contributed by atoms with Crippen LogP contribution >= 0.6 is 0 Å². The standard InChI is InChI=1S/C9H14O6/c1-9(2,3)15-14-6-13-8(12)5-4-7(10)11/h4-5H,6H2,1-3H3,(H,10,11). The maximum atomic E-state index is 10.8. The van der Waals surface area contributed by atoms with Crippen molar-refractivity contribution >= 4 is 11.9 Å². The average Bonchev–Trinajstić information content (AvgIpc) is 2.07. The summed E-state index contributed by atoms with van der Waals surface area (Å²) in [5, 5.41) is 8.19. The first-order valence-corrected chi connectivity index (χ1v) is 4.19. The van der Waals surface area contributed by atoms with Crippen LogP contribution in [0.5, 0.6) is 0 Å². The molecule has 0 spiro atoms. The zero-order valence-corrected chi connectivity index (χ0v) is 8.85. The molecule has 0 aliphatic heterocycles. The minimum Gasteiger partial charge on any atom is -0.478 e. The number of ether oxygens (including phenoxy) is 1. The molecule has 15 heavy (non-hydrogen) atoms. The molecule has 0 aliphatic rings. The van der Waals surface area contributed by atoms with Gasteiger partial charge in [-0.05, 0) is 20.8 Å². The van der Waals surface area contributed by atoms with Gasteiger partial charge in [-0.15, -0.1) is 0 Å². The third-order valence-electron chi connectivity index (χ3n) is 0.920. The van der Waals surface area contributed by atoms with Gasteiger partial charge in [0.25, 0.3) is 0 Å². The summed E-state index contributed by atoms with van der Waals surface area (Å²) in [5.74, 6) is -2.03. The van der Waals surface area contributed by atoms with Crippen LogP contribution in [0.25, 0.3) is 0 Å². The molecule has 86 valence electrons. The summed E-state index contributed by atoms with van der Waals surface area (Å²) in [6.07, 6.45) is 1.45. The Labute approximate surface area is 87.4 Å². The van der Waals surface area contributed by atoms with Crippen LogP contribution in [0.2, 0.25) is 0 Å². The molecule has 0 amide bonds. The number of carboxylic acid groups (broad SMARTS) is 1. The molecule has 0 aromatic rings. The Morgan fingerprint density at radius 2 is 1.87 bits per heavy atom. The maximum Gasteiger partial charge on any atom is 0.333 e. The van der Waals surface area contributed by atoms with Crippen LogP contribution in [-0.4, -0.2) is 29.4 Å². The fourth-order valence-corrected chi connectivity index (χ4v) is 0.470. The zero-order chi connectivity index (χ0) is 11.9. The fourth-order valence-electron chi connectivity index (χ4n) is 0.470. The van der Waals surface area contributed by atoms with Gasteiger partial charge in [0.15, 0.2) is 0 Å². The zero-order valence-electron chi connectivity index (χ0n) is 8.85. The predicted octanol–water partition coefficient (Wildman–Crippen LogP) is 0.875. The van der Waals surface area contributed by atoms with Gasteiger partial charge in [-0.2, -0.15) is 4.89 Å². The third-order valence-corrected chi connectivity index (χ3v) is 0.920. The molecule has 0 fully saturated rings. The molecule has 0 rings (SSSR count). The smallest absolute Gasteiger partial charge is 0.333 e. The fraction of sp³-hybridized carbons (Fsp3) is 0.556. The van der Waals surface area contributed by atoms with Crippen molar-refractivity contribution < 1.29 is 29.2 Å². The topological polar surface area (TPSA) is 82.1 Å². The summed E-state index contributed by atoms with van der Waals surface area (Å²) in [4.78, 5) is 30.1. The van der Waals surface area contributed by atoms with Crippen LogP contribution in [-0.2, 0) is 24.1 Å². The van der Waals surface area contributed by atoms with E-state index in [9.17, 15) is 9.59 Å². The number of hydrogen-bond acceptors (Lipinski definition) is 5. The maximum absolute atomic E-state index is 10.8. The van der Waals surface area contributed by atoms with Gasteiger partial charge < -0.3 is 9.84 Å². The molecule has 0 atom stereocenters. The Bertz CT molecular complexity index is 250. The molecular weight excluding hydrogens is 204 g/mol. The molecule has 0 aliphatic carbocycles. The van der Waals surface area contributed by atoms with Crippen LogP contribution in [0.4, 0.5) is 0 Å². The summed E-state index contributed by atoms with van der Waals surface area (Å²) in [5.41, 5.74) is -0.497. The van der Waals surface area contributed by atoms with Gasteiger partial charge in [-0.3, -0.25) is 0 Å². The highest BCUT2D eigenvalue weighted by molar-refractivity contribution is 5.90. The van der Waals surface area contributed by atoms with Crippen molar-refractivity contribution in [2.24, 2.45) is 0 Å². The molecule has 6 nitrogen and oxygen atoms in total. The van der Waals surface area contributed by atoms with Gasteiger partial charge in [0.1, 0.15) is 0 Å². The number of hydrogen-bond donors (Lipinski definition) is 1. The molecule has 1 N–H and O–H groups in total. The van der Waals surface area contributed by atoms with Gasteiger partial charge in [0.2, 0.25) is 6.79 Å². The van der Waals surface area contributed by atoms with Crippen LogP contribution in [0.15, 0.2) is 12.2 Å². The Balaban J connectivity index is 3.61. The van der Waals surface area contributed by atoms with E-state index in [2.05, 4.69) is 9.62 Å². The minimum absolute atomic E-state index is 0.389. The lowest BCUT2D eigenvalue weighted by molar-refractivity contribution is -0.375. The molecule has 0 saturated carbocycles. The van der Waals surface area contributed by atoms with Crippen LogP contribution in [0, 0.1) is 0 Å². The molecule has 0 saturated heterocycles. The molecule has 6 heteroatoms. The van der Waals surface area contributed by atoms with E-state index in [-0.39, 0.29) is 6.79 Å². The largest absolute Gasteiger partial charge is 0.478 e. The molecule has 0 bridgehead atoms. The summed E-state index contributed by atoms with van der Waals surface area (Å²) in [6.45, 7) is 4.90. The van der Waals surface area contributed by atoms with Crippen molar-refractivity contribution in [3.63, 3.8) is 0 Å². The highest BCUT2D eigenvalue weighted by Gasteiger charge is 2.11. The molecule has 0 aromatic carbocycles. The molecule has 0 aromatic heterocycles. The van der Waals surface area contributed by atoms with E-state index in [1.807, 2.05) is 0 Å². The van der Waals surface area contributed by atoms with Crippen LogP contribution in [0.1, 0.15) is 20.8 Å². The van der Waals surface area contributed by atoms with Crippen LogP contribution in [0.3, 0.4) is 0 Å². The normalized spacial score (nSPS) is 11.7. The van der Waals surface area contributed by atoms with Gasteiger partial charge in [-0.1, -0.05) is 0 Å². The van der Waals surface area contributed by atoms with E-state index in [0.717, 1.165) is 6.08 Å². The Morgan fingerprint density at radius 1 is 1.27 bits per heavy atom. The number of rotatable bonds is 5. The van der Waals surface area contributed by atoms with Gasteiger partial charge in [0.05, 0.1) is 5.60 Å².